The summed E-state index contributed by atoms with van der Waals surface area (Å²) in [6.07, 6.45) is 0. The van der Waals surface area contributed by atoms with E-state index in [4.69, 9.17) is 0 Å². The van der Waals surface area contributed by atoms with Gasteiger partial charge in [0.2, 0.25) is 5.91 Å². The Balaban J connectivity index is 1.83. The van der Waals surface area contributed by atoms with E-state index in [9.17, 15) is 4.79 Å². The van der Waals surface area contributed by atoms with E-state index in [0.717, 1.165) is 37.6 Å². The topological polar surface area (TPSA) is 36.4 Å². The zero-order valence-electron chi connectivity index (χ0n) is 13.8. The molecule has 4 nitrogen and oxygen atoms in total. The third-order valence-electron chi connectivity index (χ3n) is 4.43. The van der Waals surface area contributed by atoms with Crippen LogP contribution in [0.1, 0.15) is 29.9 Å². The molecule has 120 valence electrons. The van der Waals surface area contributed by atoms with Crippen molar-refractivity contribution in [3.63, 3.8) is 0 Å². The van der Waals surface area contributed by atoms with Crippen molar-refractivity contribution in [1.82, 2.24) is 14.8 Å². The van der Waals surface area contributed by atoms with Crippen molar-refractivity contribution in [2.24, 2.45) is 0 Å². The quantitative estimate of drug-likeness (QED) is 0.875. The molecule has 0 radical (unpaired) electrons. The van der Waals surface area contributed by atoms with Crippen LogP contribution in [0.3, 0.4) is 0 Å². The van der Waals surface area contributed by atoms with Gasteiger partial charge in [0.1, 0.15) is 0 Å². The lowest BCUT2D eigenvalue weighted by atomic mass is 10.0. The number of piperazine rings is 1. The SMILES string of the molecule is CC(=O)N1CCN(Cc2cccc(C)n2)C(c2ccccc2)C1. The standard InChI is InChI=1S/C19H23N3O/c1-15-7-6-10-18(20-15)13-22-12-11-21(16(2)23)14-19(22)17-8-4-3-5-9-17/h3-10,19H,11-14H2,1-2H3. The van der Waals surface area contributed by atoms with Crippen molar-refractivity contribution >= 4 is 5.91 Å². The summed E-state index contributed by atoms with van der Waals surface area (Å²) < 4.78 is 0. The first-order valence-corrected chi connectivity index (χ1v) is 8.10. The van der Waals surface area contributed by atoms with Crippen molar-refractivity contribution in [3.8, 4) is 0 Å². The van der Waals surface area contributed by atoms with E-state index in [2.05, 4.69) is 46.3 Å². The van der Waals surface area contributed by atoms with Gasteiger partial charge >= 0.3 is 0 Å². The molecule has 0 aliphatic carbocycles. The lowest BCUT2D eigenvalue weighted by Crippen LogP contribution is -2.49. The van der Waals surface area contributed by atoms with E-state index in [1.54, 1.807) is 6.92 Å². The fraction of sp³-hybridized carbons (Fsp3) is 0.368. The number of aryl methyl sites for hydroxylation is 1. The second-order valence-electron chi connectivity index (χ2n) is 6.13. The van der Waals surface area contributed by atoms with Gasteiger partial charge in [-0.05, 0) is 24.6 Å². The van der Waals surface area contributed by atoms with E-state index in [1.165, 1.54) is 5.56 Å². The number of carbonyl (C=O) groups is 1. The Morgan fingerprint density at radius 2 is 1.91 bits per heavy atom. The molecule has 1 atom stereocenters. The number of hydrogen-bond donors (Lipinski definition) is 0. The fourth-order valence-electron chi connectivity index (χ4n) is 3.18. The van der Waals surface area contributed by atoms with E-state index in [-0.39, 0.29) is 11.9 Å². The maximum absolute atomic E-state index is 11.8. The molecule has 1 amide bonds. The molecule has 2 heterocycles. The molecule has 4 heteroatoms. The zero-order valence-corrected chi connectivity index (χ0v) is 13.8. The minimum absolute atomic E-state index is 0.152. The summed E-state index contributed by atoms with van der Waals surface area (Å²) in [7, 11) is 0. The Bertz CT molecular complexity index is 671. The second-order valence-corrected chi connectivity index (χ2v) is 6.13. The molecular formula is C19H23N3O. The first-order valence-electron chi connectivity index (χ1n) is 8.10. The summed E-state index contributed by atoms with van der Waals surface area (Å²) in [5.74, 6) is 0.152. The molecule has 1 fully saturated rings. The van der Waals surface area contributed by atoms with Crippen LogP contribution in [0.5, 0.6) is 0 Å². The van der Waals surface area contributed by atoms with Crippen molar-refractivity contribution in [2.75, 3.05) is 19.6 Å². The molecule has 1 aromatic carbocycles. The van der Waals surface area contributed by atoms with Gasteiger partial charge in [-0.2, -0.15) is 0 Å². The molecule has 0 N–H and O–H groups in total. The smallest absolute Gasteiger partial charge is 0.219 e. The number of aromatic nitrogens is 1. The zero-order chi connectivity index (χ0) is 16.2. The molecule has 0 spiro atoms. The maximum atomic E-state index is 11.8. The largest absolute Gasteiger partial charge is 0.340 e. The van der Waals surface area contributed by atoms with E-state index < -0.39 is 0 Å². The van der Waals surface area contributed by atoms with Gasteiger partial charge in [0, 0.05) is 38.8 Å². The summed E-state index contributed by atoms with van der Waals surface area (Å²) >= 11 is 0. The Labute approximate surface area is 137 Å². The van der Waals surface area contributed by atoms with Crippen LogP contribution in [0.15, 0.2) is 48.5 Å². The van der Waals surface area contributed by atoms with Gasteiger partial charge in [-0.1, -0.05) is 36.4 Å². The Morgan fingerprint density at radius 1 is 1.13 bits per heavy atom. The lowest BCUT2D eigenvalue weighted by molar-refractivity contribution is -0.132. The molecule has 3 rings (SSSR count). The molecule has 0 bridgehead atoms. The van der Waals surface area contributed by atoms with Gasteiger partial charge in [-0.25, -0.2) is 0 Å². The van der Waals surface area contributed by atoms with Crippen LogP contribution in [0.25, 0.3) is 0 Å². The van der Waals surface area contributed by atoms with Crippen LogP contribution in [0.4, 0.5) is 0 Å². The Hall–Kier alpha value is -2.20. The van der Waals surface area contributed by atoms with Gasteiger partial charge in [-0.3, -0.25) is 14.7 Å². The van der Waals surface area contributed by atoms with Crippen LogP contribution in [-0.4, -0.2) is 40.3 Å². The van der Waals surface area contributed by atoms with Crippen LogP contribution in [0, 0.1) is 6.92 Å². The monoisotopic (exact) mass is 309 g/mol. The van der Waals surface area contributed by atoms with Gasteiger partial charge in [0.05, 0.1) is 11.7 Å². The summed E-state index contributed by atoms with van der Waals surface area (Å²) in [5, 5.41) is 0. The number of benzene rings is 1. The Kier molecular flexibility index (Phi) is 4.72. The molecule has 2 aromatic rings. The highest BCUT2D eigenvalue weighted by atomic mass is 16.2. The van der Waals surface area contributed by atoms with E-state index >= 15 is 0 Å². The van der Waals surface area contributed by atoms with Crippen LogP contribution in [-0.2, 0) is 11.3 Å². The van der Waals surface area contributed by atoms with Crippen LogP contribution < -0.4 is 0 Å². The molecular weight excluding hydrogens is 286 g/mol. The number of nitrogens with zero attached hydrogens (tertiary/aromatic N) is 3. The van der Waals surface area contributed by atoms with Crippen molar-refractivity contribution < 1.29 is 4.79 Å². The number of carbonyl (C=O) groups excluding carboxylic acids is 1. The average Bonchev–Trinajstić information content (AvgIpc) is 2.56. The molecule has 23 heavy (non-hydrogen) atoms. The number of rotatable bonds is 3. The third-order valence-corrected chi connectivity index (χ3v) is 4.43. The third kappa shape index (κ3) is 3.77. The van der Waals surface area contributed by atoms with Gasteiger partial charge < -0.3 is 4.90 Å². The molecule has 0 saturated carbocycles. The van der Waals surface area contributed by atoms with Crippen LogP contribution in [0.2, 0.25) is 0 Å². The highest BCUT2D eigenvalue weighted by Gasteiger charge is 2.29. The second kappa shape index (κ2) is 6.92. The predicted molar refractivity (Wildman–Crippen MR) is 90.8 cm³/mol. The lowest BCUT2D eigenvalue weighted by Gasteiger charge is -2.41. The summed E-state index contributed by atoms with van der Waals surface area (Å²) in [6.45, 7) is 6.88. The van der Waals surface area contributed by atoms with Crippen LogP contribution >= 0.6 is 0 Å². The van der Waals surface area contributed by atoms with Crippen molar-refractivity contribution in [3.05, 3.63) is 65.5 Å². The number of hydrogen-bond acceptors (Lipinski definition) is 3. The van der Waals surface area contributed by atoms with Crippen molar-refractivity contribution in [1.29, 1.82) is 0 Å². The molecule has 1 aliphatic heterocycles. The highest BCUT2D eigenvalue weighted by Crippen LogP contribution is 2.26. The Morgan fingerprint density at radius 3 is 2.61 bits per heavy atom. The summed E-state index contributed by atoms with van der Waals surface area (Å²) in [6, 6.07) is 16.8. The van der Waals surface area contributed by atoms with Gasteiger partial charge in [0.25, 0.3) is 0 Å². The maximum Gasteiger partial charge on any atom is 0.219 e. The molecule has 1 saturated heterocycles. The molecule has 1 unspecified atom stereocenters. The minimum Gasteiger partial charge on any atom is -0.340 e. The fourth-order valence-corrected chi connectivity index (χ4v) is 3.18. The first kappa shape index (κ1) is 15.7. The predicted octanol–water partition coefficient (Wildman–Crippen LogP) is 2.80. The average molecular weight is 309 g/mol. The van der Waals surface area contributed by atoms with Crippen molar-refractivity contribution in [2.45, 2.75) is 26.4 Å². The minimum atomic E-state index is 0.152. The number of pyridine rings is 1. The van der Waals surface area contributed by atoms with E-state index in [1.807, 2.05) is 24.0 Å². The normalized spacial score (nSPS) is 18.9. The molecule has 1 aliphatic rings. The molecule has 1 aromatic heterocycles. The van der Waals surface area contributed by atoms with Gasteiger partial charge in [0.15, 0.2) is 0 Å². The summed E-state index contributed by atoms with van der Waals surface area (Å²) in [5.41, 5.74) is 3.38. The van der Waals surface area contributed by atoms with Gasteiger partial charge in [-0.15, -0.1) is 0 Å². The summed E-state index contributed by atoms with van der Waals surface area (Å²) in [4.78, 5) is 20.8. The first-order chi connectivity index (χ1) is 11.1. The number of amides is 1. The van der Waals surface area contributed by atoms with E-state index in [0.29, 0.717) is 0 Å². The highest BCUT2D eigenvalue weighted by molar-refractivity contribution is 5.73.